The van der Waals surface area contributed by atoms with Crippen molar-refractivity contribution in [2.75, 3.05) is 0 Å². The monoisotopic (exact) mass is 876 g/mol. The number of nitrogens with zero attached hydrogens (tertiary/aromatic N) is 6. The molecule has 344 valence electrons. The standard InChI is InChI=1S/C16H22N2O4.C15H27N2O4.C13H22N2O4/c1-15(2,18(21)12-13-8-5-4-6-9-13)22-14(19)16(3)10-7-11-17(16)20;1-13(2)9-11(10-14(3,4)17(13)20)21-12(18)15(5)7-6-8-16(15)19;1-12(2)7-9(8-15(12)18)19-11(16)10-5-6-14(17)13(10,3)4/h4-6,8-9,11,20H,7,10,12H2,1-3H3;8,11,19-20H,6-7,9-10H2,1-5H3;6,8-10,17-18H,5,7H2,1-4H3/q+2;+1;+2. The number of hydroxylamine groups is 6. The summed E-state index contributed by atoms with van der Waals surface area (Å²) in [4.78, 5) is 49.3. The van der Waals surface area contributed by atoms with Crippen LogP contribution in [0, 0.1) is 10.8 Å². The van der Waals surface area contributed by atoms with Crippen molar-refractivity contribution in [2.24, 2.45) is 5.92 Å². The van der Waals surface area contributed by atoms with E-state index in [1.807, 2.05) is 71.9 Å². The fraction of sp³-hybridized carbons (Fsp3) is 0.705. The molecular weight excluding hydrogens is 805 g/mol. The number of ether oxygens (including phenoxy) is 3. The summed E-state index contributed by atoms with van der Waals surface area (Å²) in [5.74, 6) is -1.75. The molecule has 5 aliphatic heterocycles. The molecule has 0 radical (unpaired) electrons. The lowest BCUT2D eigenvalue weighted by Crippen LogP contribution is -2.61. The zero-order valence-corrected chi connectivity index (χ0v) is 38.6. The smallest absolute Gasteiger partial charge is 0.388 e. The van der Waals surface area contributed by atoms with Crippen LogP contribution in [0.4, 0.5) is 0 Å². The normalized spacial score (nSPS) is 28.4. The van der Waals surface area contributed by atoms with Crippen LogP contribution in [-0.2, 0) is 35.1 Å². The molecule has 4 atom stereocenters. The van der Waals surface area contributed by atoms with Crippen LogP contribution in [0.1, 0.15) is 140 Å². The van der Waals surface area contributed by atoms with Crippen molar-refractivity contribution in [1.82, 2.24) is 5.06 Å². The molecule has 5 heterocycles. The van der Waals surface area contributed by atoms with Crippen molar-refractivity contribution in [3.05, 3.63) is 40.8 Å². The van der Waals surface area contributed by atoms with Crippen LogP contribution in [0.2, 0.25) is 0 Å². The molecule has 5 N–H and O–H groups in total. The fourth-order valence-corrected chi connectivity index (χ4v) is 8.40. The number of hydrogen-bond donors (Lipinski definition) is 5. The highest BCUT2D eigenvalue weighted by Crippen LogP contribution is 2.39. The molecule has 0 bridgehead atoms. The van der Waals surface area contributed by atoms with Crippen LogP contribution in [0.3, 0.4) is 0 Å². The van der Waals surface area contributed by atoms with Crippen LogP contribution in [0.15, 0.2) is 30.3 Å². The number of carbonyl (C=O) groups is 3. The highest BCUT2D eigenvalue weighted by molar-refractivity contribution is 5.82. The minimum absolute atomic E-state index is 0.118. The average molecular weight is 876 g/mol. The topological polar surface area (TPSA) is 215 Å². The molecule has 0 spiro atoms. The van der Waals surface area contributed by atoms with Crippen LogP contribution in [0.5, 0.6) is 0 Å². The Labute approximate surface area is 364 Å². The number of hydrogen-bond acceptors (Lipinski definition) is 13. The van der Waals surface area contributed by atoms with Crippen LogP contribution in [-0.4, -0.2) is 149 Å². The maximum absolute atomic E-state index is 12.4. The molecule has 18 heteroatoms. The first-order chi connectivity index (χ1) is 28.4. The summed E-state index contributed by atoms with van der Waals surface area (Å²) >= 11 is 0. The van der Waals surface area contributed by atoms with Crippen molar-refractivity contribution >= 4 is 42.8 Å². The summed E-state index contributed by atoms with van der Waals surface area (Å²) in [5, 5.41) is 50.6. The van der Waals surface area contributed by atoms with E-state index in [1.165, 1.54) is 17.5 Å². The molecule has 18 nitrogen and oxygen atoms in total. The second kappa shape index (κ2) is 18.0. The minimum atomic E-state index is -1.32. The summed E-state index contributed by atoms with van der Waals surface area (Å²) in [7, 11) is 0. The molecule has 62 heavy (non-hydrogen) atoms. The van der Waals surface area contributed by atoms with Gasteiger partial charge in [-0.3, -0.25) is 25.6 Å². The number of rotatable bonds is 9. The summed E-state index contributed by atoms with van der Waals surface area (Å²) in [5.41, 5.74) is -4.63. The Balaban J connectivity index is 0.000000205. The third-order valence-corrected chi connectivity index (χ3v) is 12.9. The van der Waals surface area contributed by atoms with Gasteiger partial charge in [-0.25, -0.2) is 9.59 Å². The lowest BCUT2D eigenvalue weighted by Gasteiger charge is -2.51. The fourth-order valence-electron chi connectivity index (χ4n) is 8.40. The number of nitroso groups, excluding NO2 is 1. The second-order valence-electron chi connectivity index (χ2n) is 20.4. The summed E-state index contributed by atoms with van der Waals surface area (Å²) in [6, 6.07) is 9.25. The Morgan fingerprint density at radius 1 is 0.742 bits per heavy atom. The molecule has 1 saturated heterocycles. The molecular formula is C44H71N6O12+5. The van der Waals surface area contributed by atoms with E-state index in [2.05, 4.69) is 0 Å². The van der Waals surface area contributed by atoms with Gasteiger partial charge in [-0.05, 0) is 46.7 Å². The summed E-state index contributed by atoms with van der Waals surface area (Å²) in [6.45, 7) is 21.6. The Bertz CT molecular complexity index is 1970. The van der Waals surface area contributed by atoms with Crippen molar-refractivity contribution in [2.45, 2.75) is 192 Å². The van der Waals surface area contributed by atoms with Gasteiger partial charge in [0.25, 0.3) is 0 Å². The van der Waals surface area contributed by atoms with Crippen molar-refractivity contribution < 1.29 is 78.3 Å². The van der Waals surface area contributed by atoms with Gasteiger partial charge in [0.1, 0.15) is 12.0 Å². The molecule has 6 rings (SSSR count). The maximum atomic E-state index is 12.4. The number of benzene rings is 1. The van der Waals surface area contributed by atoms with E-state index in [1.54, 1.807) is 54.0 Å². The van der Waals surface area contributed by atoms with E-state index in [0.717, 1.165) is 29.3 Å². The van der Waals surface area contributed by atoms with Gasteiger partial charge >= 0.3 is 34.7 Å². The van der Waals surface area contributed by atoms with Gasteiger partial charge in [-0.1, -0.05) is 30.3 Å². The Hall–Kier alpha value is -4.97. The summed E-state index contributed by atoms with van der Waals surface area (Å²) < 4.78 is 21.2. The Morgan fingerprint density at radius 3 is 1.69 bits per heavy atom. The SMILES string of the molecule is CC(C)(OC(=O)C1(C)CCC=[N+]1O)[N+](=O)Cc1ccccc1.CC1(C)CC(OC(=O)C2(C)CCC=[N+]2O)CC(C)(C)N1O.CC1(C)CC(OC(=O)C2CC=[N+](O)C2(C)C)C=[N+]1O. The zero-order valence-electron chi connectivity index (χ0n) is 38.6. The van der Waals surface area contributed by atoms with E-state index in [-0.39, 0.29) is 18.6 Å². The minimum Gasteiger partial charge on any atom is -0.457 e. The van der Waals surface area contributed by atoms with Crippen LogP contribution >= 0.6 is 0 Å². The maximum Gasteiger partial charge on any atom is 0.388 e. The number of esters is 3. The van der Waals surface area contributed by atoms with Crippen molar-refractivity contribution in [3.63, 3.8) is 0 Å². The molecule has 0 aliphatic carbocycles. The molecule has 4 unspecified atom stereocenters. The van der Waals surface area contributed by atoms with E-state index < -0.39 is 62.9 Å². The van der Waals surface area contributed by atoms with Gasteiger partial charge in [-0.15, -0.1) is 0 Å². The van der Waals surface area contributed by atoms with Gasteiger partial charge in [0, 0.05) is 127 Å². The molecule has 0 amide bonds. The molecule has 0 saturated carbocycles. The van der Waals surface area contributed by atoms with Crippen molar-refractivity contribution in [3.8, 4) is 0 Å². The first kappa shape index (κ1) is 49.7. The lowest BCUT2D eigenvalue weighted by atomic mass is 9.80. The highest BCUT2D eigenvalue weighted by atomic mass is 16.6. The quantitative estimate of drug-likeness (QED) is 0.0723. The van der Waals surface area contributed by atoms with Gasteiger partial charge in [0.15, 0.2) is 24.7 Å². The number of piperidine rings is 1. The van der Waals surface area contributed by atoms with Gasteiger partial charge in [0.05, 0.1) is 6.42 Å². The predicted molar refractivity (Wildman–Crippen MR) is 223 cm³/mol. The Morgan fingerprint density at radius 2 is 1.26 bits per heavy atom. The third-order valence-electron chi connectivity index (χ3n) is 12.9. The highest BCUT2D eigenvalue weighted by Gasteiger charge is 2.56. The first-order valence-electron chi connectivity index (χ1n) is 21.3. The molecule has 5 aliphatic rings. The third kappa shape index (κ3) is 10.8. The molecule has 1 fully saturated rings. The zero-order chi connectivity index (χ0) is 46.9. The largest absolute Gasteiger partial charge is 0.457 e. The van der Waals surface area contributed by atoms with Crippen LogP contribution < -0.4 is 0 Å². The molecule has 0 aromatic heterocycles. The Kier molecular flexibility index (Phi) is 14.4. The van der Waals surface area contributed by atoms with Crippen molar-refractivity contribution in [1.29, 1.82) is 0 Å². The van der Waals surface area contributed by atoms with E-state index in [0.29, 0.717) is 51.4 Å². The van der Waals surface area contributed by atoms with Crippen LogP contribution in [0.25, 0.3) is 0 Å². The van der Waals surface area contributed by atoms with E-state index in [9.17, 15) is 45.3 Å². The lowest BCUT2D eigenvalue weighted by molar-refractivity contribution is -0.817. The number of carbonyl (C=O) groups excluding carboxylic acids is 3. The molecule has 1 aromatic carbocycles. The molecule has 1 aromatic rings. The average Bonchev–Trinajstić information content (AvgIpc) is 3.86. The first-order valence-corrected chi connectivity index (χ1v) is 21.3. The van der Waals surface area contributed by atoms with Gasteiger partial charge < -0.3 is 19.4 Å². The van der Waals surface area contributed by atoms with E-state index >= 15 is 0 Å². The van der Waals surface area contributed by atoms with Gasteiger partial charge in [-0.2, -0.15) is 5.06 Å². The summed E-state index contributed by atoms with van der Waals surface area (Å²) in [6.07, 6.45) is 9.94. The predicted octanol–water partition coefficient (Wildman–Crippen LogP) is 5.06. The van der Waals surface area contributed by atoms with Gasteiger partial charge in [0.2, 0.25) is 23.8 Å². The second-order valence-corrected chi connectivity index (χ2v) is 20.4. The van der Waals surface area contributed by atoms with E-state index in [4.69, 9.17) is 14.2 Å².